The molecule has 1 aliphatic heterocycles. The molecule has 0 radical (unpaired) electrons. The van der Waals surface area contributed by atoms with Gasteiger partial charge >= 0.3 is 5.97 Å². The lowest BCUT2D eigenvalue weighted by molar-refractivity contribution is -0.129. The molecule has 172 valence electrons. The number of aromatic nitrogens is 2. The normalized spacial score (nSPS) is 15.5. The zero-order chi connectivity index (χ0) is 22.9. The Morgan fingerprint density at radius 2 is 2.03 bits per heavy atom. The number of esters is 1. The Bertz CT molecular complexity index is 946. The summed E-state index contributed by atoms with van der Waals surface area (Å²) in [5.41, 5.74) is 0.949. The molecule has 1 aliphatic rings. The van der Waals surface area contributed by atoms with Crippen LogP contribution in [0, 0.1) is 0 Å². The molecule has 1 unspecified atom stereocenters. The van der Waals surface area contributed by atoms with E-state index < -0.39 is 12.1 Å². The monoisotopic (exact) mass is 444 g/mol. The number of anilines is 2. The highest BCUT2D eigenvalue weighted by molar-refractivity contribution is 6.04. The van der Waals surface area contributed by atoms with Crippen LogP contribution in [0.25, 0.3) is 0 Å². The number of amides is 1. The van der Waals surface area contributed by atoms with Crippen molar-refractivity contribution < 1.29 is 28.5 Å². The Balaban J connectivity index is 1.86. The van der Waals surface area contributed by atoms with E-state index in [1.54, 1.807) is 27.2 Å². The molecule has 10 heteroatoms. The molecule has 3 rings (SSSR count). The summed E-state index contributed by atoms with van der Waals surface area (Å²) in [6.07, 6.45) is 3.08. The van der Waals surface area contributed by atoms with E-state index in [1.165, 1.54) is 6.33 Å². The molecule has 2 N–H and O–H groups in total. The van der Waals surface area contributed by atoms with E-state index in [-0.39, 0.29) is 29.7 Å². The van der Waals surface area contributed by atoms with Crippen LogP contribution in [0.2, 0.25) is 0 Å². The van der Waals surface area contributed by atoms with Gasteiger partial charge in [-0.2, -0.15) is 0 Å². The van der Waals surface area contributed by atoms with Crippen LogP contribution in [-0.4, -0.2) is 55.4 Å². The van der Waals surface area contributed by atoms with E-state index in [1.807, 2.05) is 12.1 Å². The van der Waals surface area contributed by atoms with Gasteiger partial charge in [-0.25, -0.2) is 14.8 Å². The van der Waals surface area contributed by atoms with Gasteiger partial charge in [-0.3, -0.25) is 4.79 Å². The third-order valence-electron chi connectivity index (χ3n) is 4.98. The van der Waals surface area contributed by atoms with Crippen LogP contribution >= 0.6 is 0 Å². The quantitative estimate of drug-likeness (QED) is 0.562. The number of hydrogen-bond donors (Lipinski definition) is 2. The maximum absolute atomic E-state index is 12.8. The molecule has 1 aromatic carbocycles. The first kappa shape index (κ1) is 23.3. The van der Waals surface area contributed by atoms with E-state index in [0.29, 0.717) is 31.1 Å². The zero-order valence-electron chi connectivity index (χ0n) is 18.5. The van der Waals surface area contributed by atoms with Crippen LogP contribution in [0.5, 0.6) is 11.5 Å². The number of carbonyl (C=O) groups is 2. The molecule has 1 aromatic heterocycles. The number of benzene rings is 1. The van der Waals surface area contributed by atoms with Crippen molar-refractivity contribution in [2.24, 2.45) is 0 Å². The van der Waals surface area contributed by atoms with Gasteiger partial charge in [-0.05, 0) is 38.3 Å². The van der Waals surface area contributed by atoms with E-state index in [0.717, 1.165) is 18.4 Å². The van der Waals surface area contributed by atoms with Crippen molar-refractivity contribution in [3.63, 3.8) is 0 Å². The smallest absolute Gasteiger partial charge is 0.359 e. The number of nitrogens with zero attached hydrogens (tertiary/aromatic N) is 2. The van der Waals surface area contributed by atoms with Gasteiger partial charge in [0.2, 0.25) is 0 Å². The fourth-order valence-corrected chi connectivity index (χ4v) is 3.32. The third kappa shape index (κ3) is 5.64. The van der Waals surface area contributed by atoms with Gasteiger partial charge in [0.25, 0.3) is 5.91 Å². The SMILES string of the molecule is CCOC(=O)c1ncnc(NCc2ccc(OC)cc2OC)c1NC(=O)C1CCCCO1. The molecule has 0 spiro atoms. The largest absolute Gasteiger partial charge is 0.497 e. The number of carbonyl (C=O) groups excluding carboxylic acids is 2. The Kier molecular flexibility index (Phi) is 8.20. The van der Waals surface area contributed by atoms with Crippen LogP contribution in [0.15, 0.2) is 24.5 Å². The summed E-state index contributed by atoms with van der Waals surface area (Å²) in [5, 5.41) is 5.92. The molecule has 1 saturated heterocycles. The van der Waals surface area contributed by atoms with Gasteiger partial charge < -0.3 is 29.6 Å². The molecule has 0 aliphatic carbocycles. The highest BCUT2D eigenvalue weighted by atomic mass is 16.5. The van der Waals surface area contributed by atoms with E-state index in [9.17, 15) is 9.59 Å². The first-order valence-electron chi connectivity index (χ1n) is 10.5. The minimum atomic E-state index is -0.653. The van der Waals surface area contributed by atoms with Crippen molar-refractivity contribution in [1.82, 2.24) is 9.97 Å². The molecular weight excluding hydrogens is 416 g/mol. The average molecular weight is 444 g/mol. The highest BCUT2D eigenvalue weighted by Crippen LogP contribution is 2.28. The molecule has 2 heterocycles. The van der Waals surface area contributed by atoms with Crippen molar-refractivity contribution in [3.05, 3.63) is 35.8 Å². The number of ether oxygens (including phenoxy) is 4. The van der Waals surface area contributed by atoms with Crippen LogP contribution in [0.3, 0.4) is 0 Å². The number of nitrogens with one attached hydrogen (secondary N) is 2. The van der Waals surface area contributed by atoms with E-state index in [4.69, 9.17) is 18.9 Å². The Labute approximate surface area is 186 Å². The van der Waals surface area contributed by atoms with Gasteiger partial charge in [-0.15, -0.1) is 0 Å². The van der Waals surface area contributed by atoms with E-state index >= 15 is 0 Å². The molecule has 2 aromatic rings. The summed E-state index contributed by atoms with van der Waals surface area (Å²) in [6, 6.07) is 5.43. The second-order valence-electron chi connectivity index (χ2n) is 7.04. The minimum absolute atomic E-state index is 0.0322. The van der Waals surface area contributed by atoms with Crippen molar-refractivity contribution in [3.8, 4) is 11.5 Å². The first-order valence-corrected chi connectivity index (χ1v) is 10.5. The lowest BCUT2D eigenvalue weighted by Gasteiger charge is -2.23. The minimum Gasteiger partial charge on any atom is -0.497 e. The Morgan fingerprint density at radius 1 is 1.19 bits per heavy atom. The van der Waals surface area contributed by atoms with Gasteiger partial charge in [0.15, 0.2) is 11.5 Å². The third-order valence-corrected chi connectivity index (χ3v) is 4.98. The van der Waals surface area contributed by atoms with E-state index in [2.05, 4.69) is 20.6 Å². The van der Waals surface area contributed by atoms with Gasteiger partial charge in [0.05, 0.1) is 20.8 Å². The molecular formula is C22H28N4O6. The first-order chi connectivity index (χ1) is 15.6. The number of hydrogen-bond acceptors (Lipinski definition) is 9. The lowest BCUT2D eigenvalue weighted by atomic mass is 10.1. The Morgan fingerprint density at radius 3 is 2.72 bits per heavy atom. The van der Waals surface area contributed by atoms with Crippen molar-refractivity contribution in [2.45, 2.75) is 38.8 Å². The lowest BCUT2D eigenvalue weighted by Crippen LogP contribution is -2.34. The van der Waals surface area contributed by atoms with Gasteiger partial charge in [-0.1, -0.05) is 0 Å². The molecule has 10 nitrogen and oxygen atoms in total. The molecule has 1 amide bonds. The second-order valence-corrected chi connectivity index (χ2v) is 7.04. The molecule has 0 saturated carbocycles. The highest BCUT2D eigenvalue weighted by Gasteiger charge is 2.26. The van der Waals surface area contributed by atoms with Crippen LogP contribution in [0.4, 0.5) is 11.5 Å². The summed E-state index contributed by atoms with van der Waals surface area (Å²) in [6.45, 7) is 2.71. The molecule has 1 atom stereocenters. The van der Waals surface area contributed by atoms with Crippen LogP contribution in [-0.2, 0) is 20.8 Å². The van der Waals surface area contributed by atoms with Crippen LogP contribution in [0.1, 0.15) is 42.2 Å². The van der Waals surface area contributed by atoms with Crippen molar-refractivity contribution in [1.29, 1.82) is 0 Å². The summed E-state index contributed by atoms with van der Waals surface area (Å²) in [5.74, 6) is 0.565. The summed E-state index contributed by atoms with van der Waals surface area (Å²) in [4.78, 5) is 33.5. The number of rotatable bonds is 9. The molecule has 32 heavy (non-hydrogen) atoms. The Hall–Kier alpha value is -3.40. The zero-order valence-corrected chi connectivity index (χ0v) is 18.5. The fraction of sp³-hybridized carbons (Fsp3) is 0.455. The van der Waals surface area contributed by atoms with Gasteiger partial charge in [0, 0.05) is 24.8 Å². The van der Waals surface area contributed by atoms with Crippen LogP contribution < -0.4 is 20.1 Å². The topological polar surface area (TPSA) is 121 Å². The predicted octanol–water partition coefficient (Wildman–Crippen LogP) is 2.79. The van der Waals surface area contributed by atoms with Gasteiger partial charge in [0.1, 0.15) is 29.6 Å². The maximum atomic E-state index is 12.8. The standard InChI is InChI=1S/C22H28N4O6/c1-4-31-22(28)19-18(26-21(27)16-7-5-6-10-32-16)20(25-13-24-19)23-12-14-8-9-15(29-2)11-17(14)30-3/h8-9,11,13,16H,4-7,10,12H2,1-3H3,(H,26,27)(H,23,24,25). The molecule has 1 fully saturated rings. The molecule has 0 bridgehead atoms. The fourth-order valence-electron chi connectivity index (χ4n) is 3.32. The summed E-state index contributed by atoms with van der Waals surface area (Å²) < 4.78 is 21.3. The number of methoxy groups -OCH3 is 2. The average Bonchev–Trinajstić information content (AvgIpc) is 2.83. The van der Waals surface area contributed by atoms with Crippen molar-refractivity contribution in [2.75, 3.05) is 38.1 Å². The maximum Gasteiger partial charge on any atom is 0.359 e. The summed E-state index contributed by atoms with van der Waals surface area (Å²) >= 11 is 0. The second kappa shape index (κ2) is 11.3. The summed E-state index contributed by atoms with van der Waals surface area (Å²) in [7, 11) is 3.15. The predicted molar refractivity (Wildman–Crippen MR) is 117 cm³/mol. The van der Waals surface area contributed by atoms with Crippen molar-refractivity contribution >= 4 is 23.4 Å².